The van der Waals surface area contributed by atoms with Gasteiger partial charge in [-0.1, -0.05) is 31.2 Å². The van der Waals surface area contributed by atoms with Crippen molar-refractivity contribution in [2.45, 2.75) is 11.8 Å². The number of nitrogens with two attached hydrogens (primary N) is 1. The average molecular weight is 441 g/mol. The molecule has 0 saturated carbocycles. The fourth-order valence-corrected chi connectivity index (χ4v) is 4.28. The van der Waals surface area contributed by atoms with Crippen LogP contribution in [0.25, 0.3) is 22.4 Å². The maximum Gasteiger partial charge on any atom is 0.241 e. The molecule has 1 aromatic heterocycles. The molecule has 4 N–H and O–H groups in total. The highest BCUT2D eigenvalue weighted by atomic mass is 32.2. The minimum absolute atomic E-state index is 0.0164. The molecule has 0 aliphatic carbocycles. The van der Waals surface area contributed by atoms with Crippen molar-refractivity contribution in [3.63, 3.8) is 0 Å². The first-order valence-corrected chi connectivity index (χ1v) is 10.8. The Morgan fingerprint density at radius 2 is 2.00 bits per heavy atom. The number of nitrogens with one attached hydrogen (secondary N) is 1. The smallest absolute Gasteiger partial charge is 0.241 e. The standard InChI is InChI=1S/C21H20FN5O3S/c1-13(12-28)10-26-31(29,30)19-5-3-2-4-15(19)14-6-7-16(17(22)8-14)21-18(9-23)27-20(24)11-25-21/h2-8,11,13,26,28H,10,12H2,1H3,(H2,24,27). The number of anilines is 1. The second-order valence-corrected chi connectivity index (χ2v) is 8.67. The first-order valence-electron chi connectivity index (χ1n) is 9.29. The molecule has 3 rings (SSSR count). The molecular weight excluding hydrogens is 421 g/mol. The summed E-state index contributed by atoms with van der Waals surface area (Å²) in [5.41, 5.74) is 6.15. The minimum Gasteiger partial charge on any atom is -0.396 e. The van der Waals surface area contributed by atoms with Gasteiger partial charge in [0.15, 0.2) is 5.69 Å². The van der Waals surface area contributed by atoms with Crippen LogP contribution in [0.1, 0.15) is 12.6 Å². The number of aliphatic hydroxyl groups is 1. The van der Waals surface area contributed by atoms with E-state index < -0.39 is 15.8 Å². The maximum atomic E-state index is 15.0. The van der Waals surface area contributed by atoms with Gasteiger partial charge in [0, 0.05) is 24.3 Å². The van der Waals surface area contributed by atoms with Crippen molar-refractivity contribution >= 4 is 15.8 Å². The number of sulfonamides is 1. The molecule has 0 aliphatic heterocycles. The molecule has 31 heavy (non-hydrogen) atoms. The average Bonchev–Trinajstić information content (AvgIpc) is 2.77. The van der Waals surface area contributed by atoms with Gasteiger partial charge in [-0.3, -0.25) is 0 Å². The number of nitrogens with zero attached hydrogens (tertiary/aromatic N) is 3. The molecule has 10 heteroatoms. The molecule has 1 atom stereocenters. The van der Waals surface area contributed by atoms with Crippen LogP contribution in [-0.4, -0.2) is 36.6 Å². The zero-order valence-corrected chi connectivity index (χ0v) is 17.4. The van der Waals surface area contributed by atoms with Gasteiger partial charge in [0.2, 0.25) is 10.0 Å². The summed E-state index contributed by atoms with van der Waals surface area (Å²) < 4.78 is 43.0. The second kappa shape index (κ2) is 9.18. The lowest BCUT2D eigenvalue weighted by atomic mass is 10.0. The molecule has 2 aromatic carbocycles. The molecule has 0 saturated heterocycles. The van der Waals surface area contributed by atoms with Crippen LogP contribution in [0.15, 0.2) is 53.6 Å². The summed E-state index contributed by atoms with van der Waals surface area (Å²) in [7, 11) is -3.90. The van der Waals surface area contributed by atoms with Gasteiger partial charge in [-0.2, -0.15) is 5.26 Å². The Balaban J connectivity index is 2.03. The Labute approximate surface area is 179 Å². The summed E-state index contributed by atoms with van der Waals surface area (Å²) >= 11 is 0. The Morgan fingerprint density at radius 1 is 1.26 bits per heavy atom. The van der Waals surface area contributed by atoms with Crippen LogP contribution in [0.5, 0.6) is 0 Å². The SMILES string of the molecule is CC(CO)CNS(=O)(=O)c1ccccc1-c1ccc(-c2ncc(N)nc2C#N)c(F)c1. The molecule has 1 heterocycles. The third kappa shape index (κ3) is 4.86. The number of aromatic nitrogens is 2. The van der Waals surface area contributed by atoms with Crippen LogP contribution < -0.4 is 10.5 Å². The number of hydrogen-bond acceptors (Lipinski definition) is 7. The Kier molecular flexibility index (Phi) is 6.60. The molecule has 160 valence electrons. The summed E-state index contributed by atoms with van der Waals surface area (Å²) in [4.78, 5) is 7.86. The van der Waals surface area contributed by atoms with Crippen molar-refractivity contribution in [1.82, 2.24) is 14.7 Å². The van der Waals surface area contributed by atoms with Gasteiger partial charge < -0.3 is 10.8 Å². The number of rotatable bonds is 7. The van der Waals surface area contributed by atoms with Crippen molar-refractivity contribution < 1.29 is 17.9 Å². The number of aliphatic hydroxyl groups excluding tert-OH is 1. The van der Waals surface area contributed by atoms with Gasteiger partial charge in [-0.05, 0) is 29.7 Å². The van der Waals surface area contributed by atoms with Crippen molar-refractivity contribution in [3.05, 3.63) is 60.2 Å². The Bertz CT molecular complexity index is 1260. The Hall–Kier alpha value is -3.39. The molecule has 0 aliphatic rings. The predicted molar refractivity (Wildman–Crippen MR) is 113 cm³/mol. The van der Waals surface area contributed by atoms with Gasteiger partial charge in [-0.15, -0.1) is 0 Å². The second-order valence-electron chi connectivity index (χ2n) is 6.93. The summed E-state index contributed by atoms with van der Waals surface area (Å²) in [6, 6.07) is 12.2. The molecule has 0 spiro atoms. The molecule has 0 amide bonds. The Morgan fingerprint density at radius 3 is 2.68 bits per heavy atom. The van der Waals surface area contributed by atoms with Gasteiger partial charge in [0.25, 0.3) is 0 Å². The third-order valence-electron chi connectivity index (χ3n) is 4.54. The maximum absolute atomic E-state index is 15.0. The number of benzene rings is 2. The monoisotopic (exact) mass is 441 g/mol. The van der Waals surface area contributed by atoms with E-state index in [9.17, 15) is 18.1 Å². The lowest BCUT2D eigenvalue weighted by molar-refractivity contribution is 0.238. The molecular formula is C21H20FN5O3S. The summed E-state index contributed by atoms with van der Waals surface area (Å²) in [6.45, 7) is 1.61. The van der Waals surface area contributed by atoms with Crippen molar-refractivity contribution in [2.75, 3.05) is 18.9 Å². The van der Waals surface area contributed by atoms with Crippen LogP contribution in [0, 0.1) is 23.1 Å². The lowest BCUT2D eigenvalue weighted by Gasteiger charge is -2.14. The zero-order valence-electron chi connectivity index (χ0n) is 16.6. The lowest BCUT2D eigenvalue weighted by Crippen LogP contribution is -2.30. The van der Waals surface area contributed by atoms with Crippen LogP contribution in [0.2, 0.25) is 0 Å². The van der Waals surface area contributed by atoms with E-state index in [0.29, 0.717) is 11.1 Å². The van der Waals surface area contributed by atoms with Crippen LogP contribution in [-0.2, 0) is 10.0 Å². The largest absolute Gasteiger partial charge is 0.396 e. The topological polar surface area (TPSA) is 142 Å². The third-order valence-corrected chi connectivity index (χ3v) is 6.02. The van der Waals surface area contributed by atoms with Gasteiger partial charge in [-0.25, -0.2) is 27.5 Å². The van der Waals surface area contributed by atoms with E-state index >= 15 is 0 Å². The number of nitrogen functional groups attached to an aromatic ring is 1. The van der Waals surface area contributed by atoms with E-state index in [4.69, 9.17) is 10.8 Å². The van der Waals surface area contributed by atoms with E-state index in [1.54, 1.807) is 31.2 Å². The fraction of sp³-hybridized carbons (Fsp3) is 0.190. The first kappa shape index (κ1) is 22.3. The van der Waals surface area contributed by atoms with Crippen LogP contribution >= 0.6 is 0 Å². The molecule has 0 fully saturated rings. The van der Waals surface area contributed by atoms with Gasteiger partial charge in [0.05, 0.1) is 11.1 Å². The van der Waals surface area contributed by atoms with Crippen molar-refractivity contribution in [1.29, 1.82) is 5.26 Å². The predicted octanol–water partition coefficient (Wildman–Crippen LogP) is 2.31. The minimum atomic E-state index is -3.90. The van der Waals surface area contributed by atoms with E-state index in [0.717, 1.165) is 0 Å². The molecule has 0 radical (unpaired) electrons. The van der Waals surface area contributed by atoms with Crippen LogP contribution in [0.4, 0.5) is 10.2 Å². The zero-order chi connectivity index (χ0) is 22.6. The van der Waals surface area contributed by atoms with E-state index in [1.807, 2.05) is 6.07 Å². The summed E-state index contributed by atoms with van der Waals surface area (Å²) in [5, 5.41) is 18.4. The van der Waals surface area contributed by atoms with Crippen molar-refractivity contribution in [2.24, 2.45) is 5.92 Å². The van der Waals surface area contributed by atoms with Gasteiger partial charge in [0.1, 0.15) is 23.4 Å². The quantitative estimate of drug-likeness (QED) is 0.511. The van der Waals surface area contributed by atoms with E-state index in [-0.39, 0.29) is 46.7 Å². The van der Waals surface area contributed by atoms with E-state index in [2.05, 4.69) is 14.7 Å². The molecule has 0 bridgehead atoms. The normalized spacial score (nSPS) is 12.3. The fourth-order valence-electron chi connectivity index (χ4n) is 2.89. The summed E-state index contributed by atoms with van der Waals surface area (Å²) in [6.07, 6.45) is 1.23. The van der Waals surface area contributed by atoms with Crippen LogP contribution in [0.3, 0.4) is 0 Å². The highest BCUT2D eigenvalue weighted by Crippen LogP contribution is 2.31. The number of hydrogen-bond donors (Lipinski definition) is 3. The van der Waals surface area contributed by atoms with Crippen molar-refractivity contribution in [3.8, 4) is 28.5 Å². The first-order chi connectivity index (χ1) is 14.8. The van der Waals surface area contributed by atoms with Gasteiger partial charge >= 0.3 is 0 Å². The number of halogens is 1. The van der Waals surface area contributed by atoms with E-state index in [1.165, 1.54) is 24.4 Å². The molecule has 8 nitrogen and oxygen atoms in total. The summed E-state index contributed by atoms with van der Waals surface area (Å²) in [5.74, 6) is -0.907. The molecule has 1 unspecified atom stereocenters. The molecule has 3 aromatic rings. The highest BCUT2D eigenvalue weighted by molar-refractivity contribution is 7.89. The number of nitriles is 1. The highest BCUT2D eigenvalue weighted by Gasteiger charge is 2.21.